The number of halogens is 1. The van der Waals surface area contributed by atoms with E-state index in [1.165, 1.54) is 11.3 Å². The van der Waals surface area contributed by atoms with Crippen molar-refractivity contribution < 1.29 is 5.11 Å². The fourth-order valence-electron chi connectivity index (χ4n) is 2.49. The highest BCUT2D eigenvalue weighted by atomic mass is 79.9. The summed E-state index contributed by atoms with van der Waals surface area (Å²) in [5, 5.41) is 10.4. The fourth-order valence-corrected chi connectivity index (χ4v) is 2.87. The van der Waals surface area contributed by atoms with Crippen LogP contribution in [0.4, 0.5) is 5.69 Å². The lowest BCUT2D eigenvalue weighted by Crippen LogP contribution is -2.56. The second kappa shape index (κ2) is 3.74. The highest BCUT2D eigenvalue weighted by Crippen LogP contribution is 2.43. The van der Waals surface area contributed by atoms with Gasteiger partial charge in [-0.2, -0.15) is 0 Å². The largest absolute Gasteiger partial charge is 0.390 e. The number of likely N-dealkylation sites (N-methyl/N-ethyl adjacent to an activating group) is 1. The van der Waals surface area contributed by atoms with Crippen LogP contribution in [0.3, 0.4) is 0 Å². The molecule has 3 heteroatoms. The first-order valence-corrected chi connectivity index (χ1v) is 6.36. The summed E-state index contributed by atoms with van der Waals surface area (Å²) >= 11 is 3.49. The van der Waals surface area contributed by atoms with Crippen molar-refractivity contribution in [3.05, 3.63) is 28.2 Å². The predicted molar refractivity (Wildman–Crippen MR) is 71.0 cm³/mol. The SMILES string of the molecule is CC1c2cc(Br)ccc2N(C)C(C)(C)C1O. The summed E-state index contributed by atoms with van der Waals surface area (Å²) in [6.07, 6.45) is -0.348. The van der Waals surface area contributed by atoms with Gasteiger partial charge < -0.3 is 10.0 Å². The maximum absolute atomic E-state index is 10.4. The Kier molecular flexibility index (Phi) is 2.79. The first-order chi connectivity index (χ1) is 7.35. The van der Waals surface area contributed by atoms with Crippen molar-refractivity contribution in [1.29, 1.82) is 0 Å². The lowest BCUT2D eigenvalue weighted by molar-refractivity contribution is 0.0724. The molecule has 88 valence electrons. The molecular formula is C13H18BrNO. The van der Waals surface area contributed by atoms with Crippen LogP contribution >= 0.6 is 15.9 Å². The number of aliphatic hydroxyl groups excluding tert-OH is 1. The van der Waals surface area contributed by atoms with Crippen LogP contribution in [0, 0.1) is 0 Å². The normalized spacial score (nSPS) is 27.8. The smallest absolute Gasteiger partial charge is 0.0832 e. The van der Waals surface area contributed by atoms with E-state index in [1.807, 2.05) is 7.05 Å². The van der Waals surface area contributed by atoms with Gasteiger partial charge in [-0.05, 0) is 37.6 Å². The molecule has 2 rings (SSSR count). The summed E-state index contributed by atoms with van der Waals surface area (Å²) in [7, 11) is 2.04. The topological polar surface area (TPSA) is 23.5 Å². The maximum Gasteiger partial charge on any atom is 0.0832 e. The lowest BCUT2D eigenvalue weighted by Gasteiger charge is -2.49. The van der Waals surface area contributed by atoms with Gasteiger partial charge in [0.2, 0.25) is 0 Å². The minimum absolute atomic E-state index is 0.165. The van der Waals surface area contributed by atoms with Crippen LogP contribution in [0.5, 0.6) is 0 Å². The van der Waals surface area contributed by atoms with Crippen LogP contribution < -0.4 is 4.90 Å². The van der Waals surface area contributed by atoms with Gasteiger partial charge in [-0.3, -0.25) is 0 Å². The van der Waals surface area contributed by atoms with Gasteiger partial charge in [0.1, 0.15) is 0 Å². The maximum atomic E-state index is 10.4. The second-order valence-electron chi connectivity index (χ2n) is 5.15. The van der Waals surface area contributed by atoms with Crippen LogP contribution in [0.1, 0.15) is 32.3 Å². The molecule has 1 heterocycles. The Balaban J connectivity index is 2.59. The molecule has 0 fully saturated rings. The highest BCUT2D eigenvalue weighted by molar-refractivity contribution is 9.10. The molecule has 1 aromatic carbocycles. The van der Waals surface area contributed by atoms with E-state index in [-0.39, 0.29) is 17.6 Å². The summed E-state index contributed by atoms with van der Waals surface area (Å²) in [6.45, 7) is 6.25. The first-order valence-electron chi connectivity index (χ1n) is 5.57. The van der Waals surface area contributed by atoms with E-state index in [0.29, 0.717) is 0 Å². The Bertz CT molecular complexity index is 416. The molecule has 0 radical (unpaired) electrons. The molecule has 2 atom stereocenters. The van der Waals surface area contributed by atoms with E-state index in [1.54, 1.807) is 0 Å². The molecule has 0 aromatic heterocycles. The van der Waals surface area contributed by atoms with E-state index in [0.717, 1.165) is 4.47 Å². The Hall–Kier alpha value is -0.540. The monoisotopic (exact) mass is 283 g/mol. The molecule has 2 nitrogen and oxygen atoms in total. The van der Waals surface area contributed by atoms with Gasteiger partial charge in [-0.25, -0.2) is 0 Å². The summed E-state index contributed by atoms with van der Waals surface area (Å²) in [6, 6.07) is 6.27. The van der Waals surface area contributed by atoms with Crippen molar-refractivity contribution in [3.63, 3.8) is 0 Å². The first kappa shape index (κ1) is 11.9. The third-order valence-corrected chi connectivity index (χ3v) is 4.40. The molecule has 1 aliphatic heterocycles. The van der Waals surface area contributed by atoms with Crippen LogP contribution in [-0.4, -0.2) is 23.8 Å². The molecule has 0 aliphatic carbocycles. The molecule has 1 aliphatic rings. The zero-order valence-electron chi connectivity index (χ0n) is 10.2. The number of nitrogens with zero attached hydrogens (tertiary/aromatic N) is 1. The van der Waals surface area contributed by atoms with E-state index in [9.17, 15) is 5.11 Å². The van der Waals surface area contributed by atoms with Crippen molar-refractivity contribution in [2.45, 2.75) is 38.3 Å². The lowest BCUT2D eigenvalue weighted by atomic mass is 9.78. The second-order valence-corrected chi connectivity index (χ2v) is 6.07. The zero-order valence-corrected chi connectivity index (χ0v) is 11.7. The van der Waals surface area contributed by atoms with Crippen LogP contribution in [0.15, 0.2) is 22.7 Å². The zero-order chi connectivity index (χ0) is 12.1. The molecule has 0 amide bonds. The average molecular weight is 284 g/mol. The van der Waals surface area contributed by atoms with Gasteiger partial charge in [0.15, 0.2) is 0 Å². The Morgan fingerprint density at radius 3 is 2.62 bits per heavy atom. The predicted octanol–water partition coefficient (Wildman–Crippen LogP) is 3.14. The number of benzene rings is 1. The van der Waals surface area contributed by atoms with Gasteiger partial charge in [0.25, 0.3) is 0 Å². The van der Waals surface area contributed by atoms with Crippen molar-refractivity contribution in [2.75, 3.05) is 11.9 Å². The summed E-state index contributed by atoms with van der Waals surface area (Å²) in [5.41, 5.74) is 2.20. The van der Waals surface area contributed by atoms with E-state index < -0.39 is 0 Å². The molecule has 1 N–H and O–H groups in total. The van der Waals surface area contributed by atoms with Crippen molar-refractivity contribution in [1.82, 2.24) is 0 Å². The van der Waals surface area contributed by atoms with Gasteiger partial charge >= 0.3 is 0 Å². The van der Waals surface area contributed by atoms with E-state index in [2.05, 4.69) is 59.8 Å². The number of hydrogen-bond donors (Lipinski definition) is 1. The summed E-state index contributed by atoms with van der Waals surface area (Å²) < 4.78 is 1.07. The third-order valence-electron chi connectivity index (χ3n) is 3.90. The summed E-state index contributed by atoms with van der Waals surface area (Å²) in [5.74, 6) is 0.165. The van der Waals surface area contributed by atoms with E-state index in [4.69, 9.17) is 0 Å². The number of aliphatic hydroxyl groups is 1. The van der Waals surface area contributed by atoms with Crippen molar-refractivity contribution in [3.8, 4) is 0 Å². The summed E-state index contributed by atoms with van der Waals surface area (Å²) in [4.78, 5) is 2.17. The Morgan fingerprint density at radius 2 is 2.00 bits per heavy atom. The Labute approximate surface area is 105 Å². The van der Waals surface area contributed by atoms with Gasteiger partial charge in [0, 0.05) is 23.1 Å². The molecule has 2 unspecified atom stereocenters. The van der Waals surface area contributed by atoms with Crippen molar-refractivity contribution >= 4 is 21.6 Å². The molecule has 0 saturated heterocycles. The van der Waals surface area contributed by atoms with E-state index >= 15 is 0 Å². The number of rotatable bonds is 0. The van der Waals surface area contributed by atoms with Crippen LogP contribution in [0.2, 0.25) is 0 Å². The Morgan fingerprint density at radius 1 is 1.38 bits per heavy atom. The number of hydrogen-bond acceptors (Lipinski definition) is 2. The molecule has 0 spiro atoms. The number of anilines is 1. The fraction of sp³-hybridized carbons (Fsp3) is 0.538. The quantitative estimate of drug-likeness (QED) is 0.791. The standard InChI is InChI=1S/C13H18BrNO/c1-8-10-7-9(14)5-6-11(10)15(4)13(2,3)12(8)16/h5-8,12,16H,1-4H3. The molecule has 0 saturated carbocycles. The van der Waals surface area contributed by atoms with Gasteiger partial charge in [-0.15, -0.1) is 0 Å². The van der Waals surface area contributed by atoms with Gasteiger partial charge in [0.05, 0.1) is 11.6 Å². The highest BCUT2D eigenvalue weighted by Gasteiger charge is 2.42. The minimum Gasteiger partial charge on any atom is -0.390 e. The third kappa shape index (κ3) is 1.57. The minimum atomic E-state index is -0.348. The van der Waals surface area contributed by atoms with Crippen molar-refractivity contribution in [2.24, 2.45) is 0 Å². The van der Waals surface area contributed by atoms with Gasteiger partial charge in [-0.1, -0.05) is 22.9 Å². The molecule has 16 heavy (non-hydrogen) atoms. The average Bonchev–Trinajstić information content (AvgIpc) is 2.24. The van der Waals surface area contributed by atoms with Crippen LogP contribution in [0.25, 0.3) is 0 Å². The van der Waals surface area contributed by atoms with Crippen LogP contribution in [-0.2, 0) is 0 Å². The molecule has 1 aromatic rings. The number of fused-ring (bicyclic) bond motifs is 1. The molecular weight excluding hydrogens is 266 g/mol. The molecule has 0 bridgehead atoms.